The molecule has 0 atom stereocenters. The molecule has 16 rings (SSSR count). The summed E-state index contributed by atoms with van der Waals surface area (Å²) in [5, 5.41) is 17.3. The molecule has 0 saturated heterocycles. The minimum atomic E-state index is -0.0688. The lowest BCUT2D eigenvalue weighted by atomic mass is 10.0. The van der Waals surface area contributed by atoms with E-state index in [4.69, 9.17) is 73.2 Å². The SMILES string of the molecule is CCOc1c(Sc2ccccc2)c(Sc2ccccc2)c(OCC)c2c1C(=N)N=C2N=C1[N-]C(=NC2=N/C(=N\c3[n-]c(C)c4c(OCC)c(Sc5ccccc5)c(Sc5ccccc5)c(OCC)c34)c3c(OCC)c(Sc4ccccc4)c(Sc4ccccc4)c(OCC)c32)c2c(OCC)c(Sc3ccccc3)c(Sc3ccccc3)c(OCC)c21. The molecule has 121 heavy (non-hydrogen) atoms. The number of rotatable bonds is 33. The number of benzene rings is 12. The first-order valence-corrected chi connectivity index (χ1v) is 46.6. The smallest absolute Gasteiger partial charge is 0.157 e. The molecular weight excluding hydrogens is 1660 g/mol. The van der Waals surface area contributed by atoms with Crippen LogP contribution in [0.15, 0.2) is 346 Å². The van der Waals surface area contributed by atoms with Crippen molar-refractivity contribution in [3.63, 3.8) is 0 Å². The van der Waals surface area contributed by atoms with Crippen LogP contribution < -0.4 is 42.9 Å². The van der Waals surface area contributed by atoms with Crippen molar-refractivity contribution < 1.29 is 37.9 Å². The summed E-state index contributed by atoms with van der Waals surface area (Å²) in [4.78, 5) is 48.0. The van der Waals surface area contributed by atoms with Gasteiger partial charge in [0.15, 0.2) is 5.84 Å². The molecule has 3 aliphatic heterocycles. The van der Waals surface area contributed by atoms with Crippen LogP contribution in [0.25, 0.3) is 16.1 Å². The average molecular weight is 1750 g/mol. The van der Waals surface area contributed by atoms with Crippen LogP contribution in [0.3, 0.4) is 0 Å². The van der Waals surface area contributed by atoms with Crippen molar-refractivity contribution in [3.8, 4) is 46.0 Å². The number of amidine groups is 6. The summed E-state index contributed by atoms with van der Waals surface area (Å²) in [5.74, 6) is 5.27. The summed E-state index contributed by atoms with van der Waals surface area (Å²) in [5.41, 5.74) is 3.49. The Morgan fingerprint density at radius 2 is 0.504 bits per heavy atom. The second-order valence-corrected chi connectivity index (χ2v) is 35.4. The summed E-state index contributed by atoms with van der Waals surface area (Å²) in [6.07, 6.45) is 0. The third-order valence-electron chi connectivity index (χ3n) is 18.8. The third kappa shape index (κ3) is 17.8. The van der Waals surface area contributed by atoms with Gasteiger partial charge in [-0.05, 0) is 165 Å². The summed E-state index contributed by atoms with van der Waals surface area (Å²) < 4.78 is 56.9. The molecule has 1 aromatic heterocycles. The van der Waals surface area contributed by atoms with E-state index in [1.807, 2.05) is 208 Å². The molecule has 0 spiro atoms. The second-order valence-electron chi connectivity index (χ2n) is 26.7. The van der Waals surface area contributed by atoms with Crippen molar-refractivity contribution in [2.45, 2.75) is 141 Å². The molecule has 0 saturated carbocycles. The van der Waals surface area contributed by atoms with E-state index in [1.54, 1.807) is 94.1 Å². The number of aromatic nitrogens is 1. The van der Waals surface area contributed by atoms with E-state index in [0.29, 0.717) is 109 Å². The van der Waals surface area contributed by atoms with Gasteiger partial charge in [0.1, 0.15) is 46.0 Å². The van der Waals surface area contributed by atoms with Gasteiger partial charge in [-0.3, -0.25) is 5.41 Å². The standard InChI is InChI=1S/C97H84N8O8S8/c1-10-106-75-67-58(9)99-92(69(67)77(108-12-3)85(116-61-46-30-20-31-47-61)83(75)114-59-42-26-18-27-43-59)101-94-71-73(81(112-16-7)89(120-65-54-38-24-39-55-65)87(79(71)110-14-5)118-63-50-34-22-35-51-63)96(103-94)105-97-74-72(80(111-15-6)88(119-64-52-36-23-37-53-64)90(82(74)113-17-8)121-66-56-40-25-41-57-66)95(104-97)102-93-70-68(91(98)100-93)76(107-11-2)84(115-60-44-28-19-29-45-60)86(78(70)109-13-4)117-62-48-32-21-33-49-62/h18-57H,10-17H2,1-9H3,(H-,98,100,101,102,103,104,105)/q-2. The minimum Gasteiger partial charge on any atom is -0.492 e. The quantitative estimate of drug-likeness (QED) is 0.0409. The molecule has 0 bridgehead atoms. The van der Waals surface area contributed by atoms with Crippen LogP contribution in [-0.4, -0.2) is 87.9 Å². The van der Waals surface area contributed by atoms with Crippen LogP contribution in [0.1, 0.15) is 94.5 Å². The predicted molar refractivity (Wildman–Crippen MR) is 498 cm³/mol. The fourth-order valence-electron chi connectivity index (χ4n) is 14.0. The van der Waals surface area contributed by atoms with Crippen LogP contribution in [-0.2, 0) is 0 Å². The Morgan fingerprint density at radius 3 is 0.793 bits per heavy atom. The molecule has 0 radical (unpaired) electrons. The first-order valence-electron chi connectivity index (χ1n) is 40.0. The Labute approximate surface area is 739 Å². The largest absolute Gasteiger partial charge is 0.492 e. The summed E-state index contributed by atoms with van der Waals surface area (Å²) >= 11 is 12.5. The van der Waals surface area contributed by atoms with E-state index < -0.39 is 0 Å². The molecule has 0 aliphatic carbocycles. The van der Waals surface area contributed by atoms with Gasteiger partial charge in [0.25, 0.3) is 0 Å². The zero-order valence-electron chi connectivity index (χ0n) is 67.9. The van der Waals surface area contributed by atoms with Gasteiger partial charge in [-0.1, -0.05) is 245 Å². The fourth-order valence-corrected chi connectivity index (χ4v) is 22.8. The maximum Gasteiger partial charge on any atom is 0.157 e. The van der Waals surface area contributed by atoms with Gasteiger partial charge in [0.2, 0.25) is 0 Å². The van der Waals surface area contributed by atoms with Crippen molar-refractivity contribution in [1.82, 2.24) is 4.98 Å². The van der Waals surface area contributed by atoms with E-state index in [2.05, 4.69) is 97.1 Å². The van der Waals surface area contributed by atoms with Crippen molar-refractivity contribution in [2.24, 2.45) is 25.0 Å². The zero-order chi connectivity index (χ0) is 83.3. The molecule has 1 N–H and O–H groups in total. The zero-order valence-corrected chi connectivity index (χ0v) is 74.4. The minimum absolute atomic E-state index is 0.0688. The lowest BCUT2D eigenvalue weighted by Crippen LogP contribution is -2.11. The maximum absolute atomic E-state index is 10.1. The Balaban J connectivity index is 1.02. The second kappa shape index (κ2) is 39.4. The van der Waals surface area contributed by atoms with E-state index >= 15 is 0 Å². The van der Waals surface area contributed by atoms with Crippen LogP contribution in [0.2, 0.25) is 0 Å². The van der Waals surface area contributed by atoms with Crippen molar-refractivity contribution in [3.05, 3.63) is 287 Å². The lowest BCUT2D eigenvalue weighted by molar-refractivity contribution is 0.314. The van der Waals surface area contributed by atoms with E-state index in [-0.39, 0.29) is 74.7 Å². The van der Waals surface area contributed by atoms with Crippen LogP contribution in [0.5, 0.6) is 46.0 Å². The Morgan fingerprint density at radius 1 is 0.273 bits per heavy atom. The van der Waals surface area contributed by atoms with Gasteiger partial charge in [-0.25, -0.2) is 9.98 Å². The molecule has 13 aromatic rings. The monoisotopic (exact) mass is 1740 g/mol. The Hall–Kier alpha value is -10.8. The van der Waals surface area contributed by atoms with E-state index in [9.17, 15) is 5.41 Å². The number of hydrogen-bond donors (Lipinski definition) is 1. The third-order valence-corrected chi connectivity index (χ3v) is 28.1. The van der Waals surface area contributed by atoms with Crippen molar-refractivity contribution in [1.29, 1.82) is 5.41 Å². The van der Waals surface area contributed by atoms with Gasteiger partial charge in [0, 0.05) is 72.7 Å². The number of ether oxygens (including phenoxy) is 8. The van der Waals surface area contributed by atoms with Crippen molar-refractivity contribution in [2.75, 3.05) is 52.9 Å². The van der Waals surface area contributed by atoms with Crippen LogP contribution in [0.4, 0.5) is 5.82 Å². The van der Waals surface area contributed by atoms with Crippen molar-refractivity contribution >= 4 is 146 Å². The molecule has 610 valence electrons. The highest BCUT2D eigenvalue weighted by molar-refractivity contribution is 8.04. The Kier molecular flexibility index (Phi) is 27.3. The molecule has 16 nitrogen and oxygen atoms in total. The number of hydrogen-bond acceptors (Lipinski definition) is 20. The van der Waals surface area contributed by atoms with Crippen LogP contribution in [0, 0.1) is 12.3 Å². The topological polar surface area (TPSA) is 188 Å². The molecule has 0 unspecified atom stereocenters. The summed E-state index contributed by atoms with van der Waals surface area (Å²) in [6, 6.07) is 81.9. The van der Waals surface area contributed by atoms with E-state index in [1.165, 1.54) is 0 Å². The molecule has 3 aliphatic rings. The lowest BCUT2D eigenvalue weighted by Gasteiger charge is -2.24. The highest BCUT2D eigenvalue weighted by Crippen LogP contribution is 2.61. The molecule has 0 fully saturated rings. The fraction of sp³-hybridized carbons (Fsp3) is 0.175. The Bertz CT molecular complexity index is 6130. The first kappa shape index (κ1) is 83.8. The van der Waals surface area contributed by atoms with Gasteiger partial charge in [0.05, 0.1) is 132 Å². The van der Waals surface area contributed by atoms with Crippen LogP contribution >= 0.6 is 94.1 Å². The maximum atomic E-state index is 10.1. The average Bonchev–Trinajstić information content (AvgIpc) is 1.58. The summed E-state index contributed by atoms with van der Waals surface area (Å²) in [7, 11) is 0. The number of fused-ring (bicyclic) bond motifs is 4. The first-order chi connectivity index (χ1) is 59.5. The highest BCUT2D eigenvalue weighted by atomic mass is 32.2. The number of nitrogens with zero attached hydrogens (tertiary/aromatic N) is 7. The van der Waals surface area contributed by atoms with E-state index in [0.717, 1.165) is 83.7 Å². The summed E-state index contributed by atoms with van der Waals surface area (Å²) in [6.45, 7) is 19.9. The van der Waals surface area contributed by atoms with Gasteiger partial charge < -0.3 is 63.2 Å². The predicted octanol–water partition coefficient (Wildman–Crippen LogP) is 26.7. The van der Waals surface area contributed by atoms with Gasteiger partial charge in [-0.15, -0.1) is 0 Å². The molecule has 4 heterocycles. The highest BCUT2D eigenvalue weighted by Gasteiger charge is 2.41. The molecule has 24 heteroatoms. The molecule has 12 aromatic carbocycles. The number of nitrogens with one attached hydrogen (secondary N) is 1. The van der Waals surface area contributed by atoms with Gasteiger partial charge >= 0.3 is 0 Å². The number of aliphatic imine (C=N–C) groups is 5. The molecule has 0 amide bonds. The molecular formula is C97H84N8O8S8-2. The normalized spacial score (nSPS) is 13.6. The number of aryl methyl sites for hydroxylation is 1. The van der Waals surface area contributed by atoms with Gasteiger partial charge in [-0.2, -0.15) is 0 Å².